The number of nitrogens with two attached hydrogens (primary N) is 1. The van der Waals surface area contributed by atoms with Gasteiger partial charge in [0.25, 0.3) is 0 Å². The predicted molar refractivity (Wildman–Crippen MR) is 69.9 cm³/mol. The van der Waals surface area contributed by atoms with E-state index in [0.29, 0.717) is 23.0 Å². The minimum atomic E-state index is -3.24. The number of rotatable bonds is 5. The molecule has 0 radical (unpaired) electrons. The van der Waals surface area contributed by atoms with Crippen molar-refractivity contribution in [3.8, 4) is 0 Å². The van der Waals surface area contributed by atoms with Crippen LogP contribution in [0.4, 0.5) is 4.39 Å². The van der Waals surface area contributed by atoms with Crippen molar-refractivity contribution in [2.24, 2.45) is 5.73 Å². The molecule has 6 heteroatoms. The molecule has 3 nitrogen and oxygen atoms in total. The Bertz CT molecular complexity index is 490. The maximum Gasteiger partial charge on any atom is 0.157 e. The second-order valence-electron chi connectivity index (χ2n) is 3.93. The van der Waals surface area contributed by atoms with E-state index in [1.807, 2.05) is 0 Å². The Labute approximate surface area is 109 Å². The van der Waals surface area contributed by atoms with E-state index in [1.165, 1.54) is 18.2 Å². The summed E-state index contributed by atoms with van der Waals surface area (Å²) in [5.41, 5.74) is 5.91. The first-order valence-corrected chi connectivity index (χ1v) is 7.73. The Morgan fingerprint density at radius 3 is 2.65 bits per heavy atom. The van der Waals surface area contributed by atoms with Crippen LogP contribution in [-0.2, 0) is 15.6 Å². The van der Waals surface area contributed by atoms with Crippen LogP contribution in [-0.4, -0.2) is 20.2 Å². The number of benzene rings is 1. The van der Waals surface area contributed by atoms with Crippen LogP contribution < -0.4 is 5.73 Å². The summed E-state index contributed by atoms with van der Waals surface area (Å²) in [6.45, 7) is 1.98. The average molecular weight is 324 g/mol. The molecule has 1 aromatic rings. The molecule has 96 valence electrons. The lowest BCUT2D eigenvalue weighted by Gasteiger charge is -2.12. The summed E-state index contributed by atoms with van der Waals surface area (Å²) < 4.78 is 37.3. The average Bonchev–Trinajstić information content (AvgIpc) is 2.22. The SMILES string of the molecule is CC(CCN)S(=O)(=O)Cc1ccc(F)cc1Br. The zero-order valence-corrected chi connectivity index (χ0v) is 11.9. The zero-order chi connectivity index (χ0) is 13.1. The van der Waals surface area contributed by atoms with Gasteiger partial charge in [-0.3, -0.25) is 0 Å². The second-order valence-corrected chi connectivity index (χ2v) is 7.20. The molecule has 0 aliphatic carbocycles. The zero-order valence-electron chi connectivity index (χ0n) is 9.49. The van der Waals surface area contributed by atoms with Crippen molar-refractivity contribution in [3.05, 3.63) is 34.1 Å². The van der Waals surface area contributed by atoms with Crippen LogP contribution in [0.25, 0.3) is 0 Å². The maximum atomic E-state index is 12.9. The Morgan fingerprint density at radius 2 is 2.12 bits per heavy atom. The van der Waals surface area contributed by atoms with Crippen molar-refractivity contribution in [2.75, 3.05) is 6.54 Å². The molecular weight excluding hydrogens is 309 g/mol. The van der Waals surface area contributed by atoms with Crippen molar-refractivity contribution in [3.63, 3.8) is 0 Å². The lowest BCUT2D eigenvalue weighted by molar-refractivity contribution is 0.577. The Kier molecular flexibility index (Phi) is 5.09. The standard InChI is InChI=1S/C11H15BrFNO2S/c1-8(4-5-14)17(15,16)7-9-2-3-10(13)6-11(9)12/h2-3,6,8H,4-5,7,14H2,1H3. The highest BCUT2D eigenvalue weighted by Gasteiger charge is 2.21. The molecule has 1 rings (SSSR count). The third kappa shape index (κ3) is 4.04. The molecule has 2 N–H and O–H groups in total. The van der Waals surface area contributed by atoms with Gasteiger partial charge in [-0.25, -0.2) is 12.8 Å². The minimum absolute atomic E-state index is 0.102. The number of halogens is 2. The fourth-order valence-electron chi connectivity index (χ4n) is 1.41. The molecule has 17 heavy (non-hydrogen) atoms. The third-order valence-electron chi connectivity index (χ3n) is 2.56. The molecule has 1 atom stereocenters. The van der Waals surface area contributed by atoms with Gasteiger partial charge in [-0.05, 0) is 37.6 Å². The van der Waals surface area contributed by atoms with E-state index in [9.17, 15) is 12.8 Å². The largest absolute Gasteiger partial charge is 0.330 e. The van der Waals surface area contributed by atoms with Gasteiger partial charge in [0, 0.05) is 4.47 Å². The molecule has 1 aromatic carbocycles. The van der Waals surface area contributed by atoms with Crippen LogP contribution in [0.15, 0.2) is 22.7 Å². The summed E-state index contributed by atoms with van der Waals surface area (Å²) in [6.07, 6.45) is 0.432. The van der Waals surface area contributed by atoms with Crippen molar-refractivity contribution < 1.29 is 12.8 Å². The van der Waals surface area contributed by atoms with Gasteiger partial charge in [-0.2, -0.15) is 0 Å². The topological polar surface area (TPSA) is 60.2 Å². The van der Waals surface area contributed by atoms with E-state index in [-0.39, 0.29) is 5.75 Å². The minimum Gasteiger partial charge on any atom is -0.330 e. The van der Waals surface area contributed by atoms with E-state index in [4.69, 9.17) is 5.73 Å². The maximum absolute atomic E-state index is 12.9. The quantitative estimate of drug-likeness (QED) is 0.904. The highest BCUT2D eigenvalue weighted by Crippen LogP contribution is 2.22. The van der Waals surface area contributed by atoms with Gasteiger partial charge in [0.2, 0.25) is 0 Å². The second kappa shape index (κ2) is 5.93. The van der Waals surface area contributed by atoms with Crippen molar-refractivity contribution in [1.82, 2.24) is 0 Å². The monoisotopic (exact) mass is 323 g/mol. The molecule has 0 spiro atoms. The first kappa shape index (κ1) is 14.6. The van der Waals surface area contributed by atoms with Crippen LogP contribution in [0.1, 0.15) is 18.9 Å². The predicted octanol–water partition coefficient (Wildman–Crippen LogP) is 2.24. The van der Waals surface area contributed by atoms with Gasteiger partial charge < -0.3 is 5.73 Å². The molecule has 0 saturated heterocycles. The van der Waals surface area contributed by atoms with Crippen LogP contribution in [0.3, 0.4) is 0 Å². The van der Waals surface area contributed by atoms with E-state index >= 15 is 0 Å². The number of hydrogen-bond acceptors (Lipinski definition) is 3. The molecule has 0 bridgehead atoms. The normalized spacial score (nSPS) is 13.6. The lowest BCUT2D eigenvalue weighted by atomic mass is 10.2. The van der Waals surface area contributed by atoms with Crippen LogP contribution in [0.2, 0.25) is 0 Å². The van der Waals surface area contributed by atoms with Gasteiger partial charge in [-0.1, -0.05) is 22.0 Å². The summed E-state index contributed by atoms with van der Waals surface area (Å²) in [4.78, 5) is 0. The van der Waals surface area contributed by atoms with Gasteiger partial charge in [0.15, 0.2) is 9.84 Å². The summed E-state index contributed by atoms with van der Waals surface area (Å²) in [6, 6.07) is 3.99. The van der Waals surface area contributed by atoms with Gasteiger partial charge in [0.05, 0.1) is 11.0 Å². The molecule has 0 aromatic heterocycles. The summed E-state index contributed by atoms with van der Waals surface area (Å²) in [5, 5.41) is -0.482. The molecule has 0 aliphatic rings. The van der Waals surface area contributed by atoms with Gasteiger partial charge in [-0.15, -0.1) is 0 Å². The highest BCUT2D eigenvalue weighted by molar-refractivity contribution is 9.10. The van der Waals surface area contributed by atoms with E-state index in [0.717, 1.165) is 0 Å². The summed E-state index contributed by atoms with van der Waals surface area (Å²) in [7, 11) is -3.24. The Hall–Kier alpha value is -0.460. The lowest BCUT2D eigenvalue weighted by Crippen LogP contribution is -2.23. The molecular formula is C11H15BrFNO2S. The highest BCUT2D eigenvalue weighted by atomic mass is 79.9. The van der Waals surface area contributed by atoms with Crippen LogP contribution in [0, 0.1) is 5.82 Å². The molecule has 0 amide bonds. The molecule has 1 unspecified atom stereocenters. The van der Waals surface area contributed by atoms with E-state index < -0.39 is 20.9 Å². The summed E-state index contributed by atoms with van der Waals surface area (Å²) >= 11 is 3.16. The number of sulfone groups is 1. The van der Waals surface area contributed by atoms with Crippen LogP contribution >= 0.6 is 15.9 Å². The third-order valence-corrected chi connectivity index (χ3v) is 5.47. The van der Waals surface area contributed by atoms with Crippen LogP contribution in [0.5, 0.6) is 0 Å². The first-order chi connectivity index (χ1) is 7.86. The van der Waals surface area contributed by atoms with Gasteiger partial charge >= 0.3 is 0 Å². The molecule has 0 fully saturated rings. The smallest absolute Gasteiger partial charge is 0.157 e. The Morgan fingerprint density at radius 1 is 1.47 bits per heavy atom. The Balaban J connectivity index is 2.90. The molecule has 0 aliphatic heterocycles. The van der Waals surface area contributed by atoms with Crippen molar-refractivity contribution in [1.29, 1.82) is 0 Å². The number of hydrogen-bond donors (Lipinski definition) is 1. The fourth-order valence-corrected chi connectivity index (χ4v) is 3.55. The first-order valence-electron chi connectivity index (χ1n) is 5.22. The van der Waals surface area contributed by atoms with E-state index in [2.05, 4.69) is 15.9 Å². The fraction of sp³-hybridized carbons (Fsp3) is 0.455. The van der Waals surface area contributed by atoms with Gasteiger partial charge in [0.1, 0.15) is 5.82 Å². The van der Waals surface area contributed by atoms with E-state index in [1.54, 1.807) is 6.92 Å². The molecule has 0 heterocycles. The molecule has 0 saturated carbocycles. The van der Waals surface area contributed by atoms with Crippen molar-refractivity contribution in [2.45, 2.75) is 24.3 Å². The summed E-state index contributed by atoms with van der Waals surface area (Å²) in [5.74, 6) is -0.497. The van der Waals surface area contributed by atoms with Crippen molar-refractivity contribution >= 4 is 25.8 Å².